The molecule has 0 unspecified atom stereocenters. The summed E-state index contributed by atoms with van der Waals surface area (Å²) in [5.74, 6) is 0.519. The summed E-state index contributed by atoms with van der Waals surface area (Å²) in [6.07, 6.45) is 3.67. The zero-order valence-electron chi connectivity index (χ0n) is 23.3. The van der Waals surface area contributed by atoms with Crippen LogP contribution in [0.5, 0.6) is 0 Å². The fourth-order valence-corrected chi connectivity index (χ4v) is 5.94. The standard InChI is InChI=1S/C37H23N5O2/c1-3-9-25(10-4-1)41(26-11-5-2-6-12-26)27-16-18-30-35(22-27)43-36(39-30)24-15-17-31-34(21-24)44-37(40-31)42-32-14-8-7-13-28(32)29-23-38-20-19-33(29)42/h1-23H. The quantitative estimate of drug-likeness (QED) is 0.205. The molecule has 5 aromatic carbocycles. The van der Waals surface area contributed by atoms with Crippen molar-refractivity contribution in [1.29, 1.82) is 0 Å². The first kappa shape index (κ1) is 24.4. The molecule has 9 aromatic rings. The lowest BCUT2D eigenvalue weighted by molar-refractivity contribution is 0.574. The molecule has 0 amide bonds. The Balaban J connectivity index is 1.12. The van der Waals surface area contributed by atoms with Crippen LogP contribution in [0.1, 0.15) is 0 Å². The predicted molar refractivity (Wildman–Crippen MR) is 174 cm³/mol. The molecule has 9 rings (SSSR count). The Morgan fingerprint density at radius 3 is 2.05 bits per heavy atom. The van der Waals surface area contributed by atoms with Crippen molar-refractivity contribution in [3.8, 4) is 17.5 Å². The fourth-order valence-electron chi connectivity index (χ4n) is 5.94. The Hall–Kier alpha value is -6.21. The smallest absolute Gasteiger partial charge is 0.307 e. The van der Waals surface area contributed by atoms with Gasteiger partial charge in [0.1, 0.15) is 11.0 Å². The highest BCUT2D eigenvalue weighted by atomic mass is 16.4. The number of anilines is 3. The molecule has 0 aliphatic rings. The minimum atomic E-state index is 0.499. The van der Waals surface area contributed by atoms with Gasteiger partial charge in [-0.25, -0.2) is 4.98 Å². The van der Waals surface area contributed by atoms with Crippen molar-refractivity contribution in [3.63, 3.8) is 0 Å². The van der Waals surface area contributed by atoms with E-state index in [9.17, 15) is 0 Å². The average molecular weight is 570 g/mol. The first-order valence-corrected chi connectivity index (χ1v) is 14.4. The maximum absolute atomic E-state index is 6.37. The Kier molecular flexibility index (Phi) is 5.36. The van der Waals surface area contributed by atoms with Crippen molar-refractivity contribution >= 4 is 61.1 Å². The van der Waals surface area contributed by atoms with Gasteiger partial charge in [0.15, 0.2) is 11.2 Å². The first-order chi connectivity index (χ1) is 21.8. The fraction of sp³-hybridized carbons (Fsp3) is 0. The molecule has 208 valence electrons. The number of rotatable bonds is 5. The van der Waals surface area contributed by atoms with Crippen molar-refractivity contribution in [2.75, 3.05) is 4.90 Å². The van der Waals surface area contributed by atoms with E-state index >= 15 is 0 Å². The minimum Gasteiger partial charge on any atom is -0.436 e. The maximum atomic E-state index is 6.37. The van der Waals surface area contributed by atoms with Crippen LogP contribution in [0, 0.1) is 0 Å². The summed E-state index contributed by atoms with van der Waals surface area (Å²) < 4.78 is 14.8. The molecule has 7 nitrogen and oxygen atoms in total. The Bertz CT molecular complexity index is 2370. The number of aromatic nitrogens is 4. The van der Waals surface area contributed by atoms with Crippen LogP contribution in [0.2, 0.25) is 0 Å². The average Bonchev–Trinajstić information content (AvgIpc) is 3.79. The number of nitrogens with zero attached hydrogens (tertiary/aromatic N) is 5. The van der Waals surface area contributed by atoms with Gasteiger partial charge in [0.2, 0.25) is 5.89 Å². The van der Waals surface area contributed by atoms with Gasteiger partial charge >= 0.3 is 6.01 Å². The van der Waals surface area contributed by atoms with E-state index in [1.807, 2.05) is 95.7 Å². The lowest BCUT2D eigenvalue weighted by Crippen LogP contribution is -2.09. The van der Waals surface area contributed by atoms with Gasteiger partial charge in [-0.1, -0.05) is 54.6 Å². The van der Waals surface area contributed by atoms with Gasteiger partial charge in [-0.2, -0.15) is 4.98 Å². The number of oxazole rings is 2. The molecule has 0 N–H and O–H groups in total. The zero-order valence-corrected chi connectivity index (χ0v) is 23.3. The lowest BCUT2D eigenvalue weighted by atomic mass is 10.2. The van der Waals surface area contributed by atoms with Gasteiger partial charge in [-0.15, -0.1) is 0 Å². The Labute approximate surface area is 251 Å². The third-order valence-electron chi connectivity index (χ3n) is 7.95. The van der Waals surface area contributed by atoms with E-state index in [1.54, 1.807) is 6.20 Å². The molecule has 0 saturated heterocycles. The zero-order chi connectivity index (χ0) is 29.0. The van der Waals surface area contributed by atoms with Crippen molar-refractivity contribution in [3.05, 3.63) is 140 Å². The summed E-state index contributed by atoms with van der Waals surface area (Å²) in [5, 5.41) is 2.15. The lowest BCUT2D eigenvalue weighted by Gasteiger charge is -2.25. The number of hydrogen-bond acceptors (Lipinski definition) is 6. The van der Waals surface area contributed by atoms with E-state index < -0.39 is 0 Å². The first-order valence-electron chi connectivity index (χ1n) is 14.4. The van der Waals surface area contributed by atoms with Crippen molar-refractivity contribution in [2.45, 2.75) is 0 Å². The number of pyridine rings is 1. The van der Waals surface area contributed by atoms with E-state index in [0.717, 1.165) is 55.5 Å². The van der Waals surface area contributed by atoms with Crippen LogP contribution in [-0.4, -0.2) is 19.5 Å². The maximum Gasteiger partial charge on any atom is 0.307 e. The summed E-state index contributed by atoms with van der Waals surface area (Å²) in [6, 6.07) is 43.2. The second-order valence-corrected chi connectivity index (χ2v) is 10.6. The van der Waals surface area contributed by atoms with Gasteiger partial charge in [0, 0.05) is 51.9 Å². The molecule has 0 radical (unpaired) electrons. The molecular weight excluding hydrogens is 546 g/mol. The molecular formula is C37H23N5O2. The van der Waals surface area contributed by atoms with Gasteiger partial charge in [-0.3, -0.25) is 9.55 Å². The minimum absolute atomic E-state index is 0.499. The Morgan fingerprint density at radius 2 is 1.23 bits per heavy atom. The summed E-state index contributed by atoms with van der Waals surface area (Å²) in [6.45, 7) is 0. The third-order valence-corrected chi connectivity index (χ3v) is 7.95. The van der Waals surface area contributed by atoms with Gasteiger partial charge in [-0.05, 0) is 66.7 Å². The molecule has 0 spiro atoms. The van der Waals surface area contributed by atoms with Gasteiger partial charge in [0.05, 0.1) is 11.0 Å². The molecule has 44 heavy (non-hydrogen) atoms. The molecule has 0 saturated carbocycles. The van der Waals surface area contributed by atoms with E-state index in [4.69, 9.17) is 18.8 Å². The molecule has 0 bridgehead atoms. The van der Waals surface area contributed by atoms with Crippen LogP contribution < -0.4 is 4.90 Å². The molecule has 0 aliphatic carbocycles. The molecule has 7 heteroatoms. The van der Waals surface area contributed by atoms with Crippen LogP contribution in [-0.2, 0) is 0 Å². The normalized spacial score (nSPS) is 11.6. The topological polar surface area (TPSA) is 73.1 Å². The number of para-hydroxylation sites is 3. The second kappa shape index (κ2) is 9.68. The van der Waals surface area contributed by atoms with E-state index in [1.165, 1.54) is 0 Å². The van der Waals surface area contributed by atoms with E-state index in [2.05, 4.69) is 52.3 Å². The van der Waals surface area contributed by atoms with Crippen molar-refractivity contribution < 1.29 is 8.83 Å². The number of hydrogen-bond donors (Lipinski definition) is 0. The van der Waals surface area contributed by atoms with Crippen molar-refractivity contribution in [1.82, 2.24) is 19.5 Å². The molecule has 0 atom stereocenters. The summed E-state index contributed by atoms with van der Waals surface area (Å²) in [7, 11) is 0. The number of benzene rings is 5. The Morgan fingerprint density at radius 1 is 0.545 bits per heavy atom. The largest absolute Gasteiger partial charge is 0.436 e. The highest BCUT2D eigenvalue weighted by Gasteiger charge is 2.19. The monoisotopic (exact) mass is 569 g/mol. The third kappa shape index (κ3) is 3.87. The second-order valence-electron chi connectivity index (χ2n) is 10.6. The predicted octanol–water partition coefficient (Wildman–Crippen LogP) is 9.60. The molecule has 4 aromatic heterocycles. The van der Waals surface area contributed by atoms with Crippen LogP contribution >= 0.6 is 0 Å². The number of fused-ring (bicyclic) bond motifs is 5. The highest BCUT2D eigenvalue weighted by molar-refractivity contribution is 6.08. The van der Waals surface area contributed by atoms with E-state index in [0.29, 0.717) is 23.1 Å². The summed E-state index contributed by atoms with van der Waals surface area (Å²) in [4.78, 5) is 16.2. The van der Waals surface area contributed by atoms with Crippen LogP contribution in [0.3, 0.4) is 0 Å². The van der Waals surface area contributed by atoms with Gasteiger partial charge in [0.25, 0.3) is 0 Å². The molecule has 0 aliphatic heterocycles. The van der Waals surface area contributed by atoms with Crippen LogP contribution in [0.25, 0.3) is 61.5 Å². The van der Waals surface area contributed by atoms with E-state index in [-0.39, 0.29) is 0 Å². The van der Waals surface area contributed by atoms with Crippen LogP contribution in [0.15, 0.2) is 149 Å². The highest BCUT2D eigenvalue weighted by Crippen LogP contribution is 2.37. The van der Waals surface area contributed by atoms with Crippen molar-refractivity contribution in [2.24, 2.45) is 0 Å². The summed E-state index contributed by atoms with van der Waals surface area (Å²) in [5.41, 5.74) is 8.80. The SMILES string of the molecule is c1ccc(N(c2ccccc2)c2ccc3nc(-c4ccc5nc(-n6c7ccccc7c7cnccc76)oc5c4)oc3c2)cc1. The summed E-state index contributed by atoms with van der Waals surface area (Å²) >= 11 is 0. The molecule has 0 fully saturated rings. The van der Waals surface area contributed by atoms with Gasteiger partial charge < -0.3 is 13.7 Å². The van der Waals surface area contributed by atoms with Crippen LogP contribution in [0.4, 0.5) is 17.1 Å². The molecule has 4 heterocycles.